The van der Waals surface area contributed by atoms with Crippen molar-refractivity contribution in [1.29, 1.82) is 0 Å². The summed E-state index contributed by atoms with van der Waals surface area (Å²) < 4.78 is 8.84. The van der Waals surface area contributed by atoms with Crippen LogP contribution >= 0.6 is 15.9 Å². The van der Waals surface area contributed by atoms with E-state index in [0.717, 1.165) is 39.5 Å². The molecule has 0 spiro atoms. The van der Waals surface area contributed by atoms with E-state index in [1.165, 1.54) is 0 Å². The van der Waals surface area contributed by atoms with Crippen molar-refractivity contribution in [3.63, 3.8) is 0 Å². The molecule has 2 aromatic carbocycles. The number of imidazole rings is 1. The Balaban J connectivity index is 1.50. The van der Waals surface area contributed by atoms with Gasteiger partial charge in [0, 0.05) is 22.4 Å². The van der Waals surface area contributed by atoms with E-state index < -0.39 is 0 Å². The number of para-hydroxylation sites is 1. The summed E-state index contributed by atoms with van der Waals surface area (Å²) in [4.78, 5) is 9.27. The van der Waals surface area contributed by atoms with Crippen molar-refractivity contribution in [2.24, 2.45) is 0 Å². The second-order valence-corrected chi connectivity index (χ2v) is 6.59. The molecule has 0 radical (unpaired) electrons. The molecule has 5 heteroatoms. The number of aromatic nitrogens is 3. The standard InChI is InChI=1S/C20H16BrN3O/c21-16-6-4-5-15(13-16)20-22-18-9-10-24(14-19(18)23-20)11-12-25-17-7-2-1-3-8-17/h1-10,13-14H,11-12H2. The maximum absolute atomic E-state index is 5.75. The van der Waals surface area contributed by atoms with Crippen molar-refractivity contribution in [3.8, 4) is 28.5 Å². The highest BCUT2D eigenvalue weighted by Crippen LogP contribution is 2.26. The van der Waals surface area contributed by atoms with E-state index in [2.05, 4.69) is 30.5 Å². The summed E-state index contributed by atoms with van der Waals surface area (Å²) in [5.74, 6) is 1.63. The predicted octanol–water partition coefficient (Wildman–Crippen LogP) is 4.89. The van der Waals surface area contributed by atoms with Crippen molar-refractivity contribution < 1.29 is 4.74 Å². The first-order valence-corrected chi connectivity index (χ1v) is 8.84. The summed E-state index contributed by atoms with van der Waals surface area (Å²) >= 11 is 3.49. The third-order valence-corrected chi connectivity index (χ3v) is 4.36. The highest BCUT2D eigenvalue weighted by atomic mass is 79.9. The van der Waals surface area contributed by atoms with Crippen LogP contribution in [0.5, 0.6) is 5.75 Å². The molecule has 0 N–H and O–H groups in total. The minimum Gasteiger partial charge on any atom is -0.492 e. The Bertz CT molecular complexity index is 952. The summed E-state index contributed by atoms with van der Waals surface area (Å²) in [5, 5.41) is 0. The maximum Gasteiger partial charge on any atom is 0.160 e. The van der Waals surface area contributed by atoms with E-state index in [1.54, 1.807) is 0 Å². The number of ether oxygens (including phenoxy) is 1. The molecule has 4 rings (SSSR count). The molecule has 124 valence electrons. The molecule has 2 aliphatic heterocycles. The molecular weight excluding hydrogens is 378 g/mol. The first-order chi connectivity index (χ1) is 12.3. The Labute approximate surface area is 154 Å². The molecule has 2 aliphatic rings. The highest BCUT2D eigenvalue weighted by Gasteiger charge is 2.12. The molecule has 4 nitrogen and oxygen atoms in total. The fourth-order valence-corrected chi connectivity index (χ4v) is 3.03. The number of halogens is 1. The Morgan fingerprint density at radius 1 is 0.920 bits per heavy atom. The highest BCUT2D eigenvalue weighted by molar-refractivity contribution is 9.10. The zero-order valence-electron chi connectivity index (χ0n) is 13.5. The second kappa shape index (κ2) is 7.07. The lowest BCUT2D eigenvalue weighted by Crippen LogP contribution is -2.08. The molecule has 0 saturated heterocycles. The lowest BCUT2D eigenvalue weighted by molar-refractivity contribution is 0.298. The lowest BCUT2D eigenvalue weighted by Gasteiger charge is -2.09. The molecule has 0 saturated carbocycles. The Kier molecular flexibility index (Phi) is 4.48. The summed E-state index contributed by atoms with van der Waals surface area (Å²) in [7, 11) is 0. The maximum atomic E-state index is 5.75. The van der Waals surface area contributed by atoms with Gasteiger partial charge in [0.15, 0.2) is 5.82 Å². The van der Waals surface area contributed by atoms with Gasteiger partial charge in [0.25, 0.3) is 0 Å². The molecule has 2 aromatic rings. The first-order valence-electron chi connectivity index (χ1n) is 8.05. The van der Waals surface area contributed by atoms with Crippen LogP contribution in [0.3, 0.4) is 0 Å². The zero-order chi connectivity index (χ0) is 17.1. The minimum atomic E-state index is 0.604. The Morgan fingerprint density at radius 3 is 2.60 bits per heavy atom. The first kappa shape index (κ1) is 15.8. The summed E-state index contributed by atoms with van der Waals surface area (Å²) in [6, 6.07) is 19.8. The molecule has 0 fully saturated rings. The molecule has 0 amide bonds. The van der Waals surface area contributed by atoms with Crippen LogP contribution in [0.25, 0.3) is 22.8 Å². The van der Waals surface area contributed by atoms with Crippen LogP contribution in [0.1, 0.15) is 0 Å². The fourth-order valence-electron chi connectivity index (χ4n) is 2.63. The molecule has 0 unspecified atom stereocenters. The van der Waals surface area contributed by atoms with Gasteiger partial charge in [-0.05, 0) is 30.3 Å². The van der Waals surface area contributed by atoms with Gasteiger partial charge in [-0.3, -0.25) is 0 Å². The molecule has 25 heavy (non-hydrogen) atoms. The normalized spacial score (nSPS) is 10.9. The number of rotatable bonds is 5. The van der Waals surface area contributed by atoms with Crippen molar-refractivity contribution in [2.75, 3.05) is 6.61 Å². The number of benzene rings is 2. The van der Waals surface area contributed by atoms with Crippen molar-refractivity contribution in [1.82, 2.24) is 14.5 Å². The Hall–Kier alpha value is -2.66. The van der Waals surface area contributed by atoms with Gasteiger partial charge in [-0.25, -0.2) is 9.97 Å². The summed E-state index contributed by atoms with van der Waals surface area (Å²) in [5.41, 5.74) is 2.79. The van der Waals surface area contributed by atoms with Gasteiger partial charge >= 0.3 is 0 Å². The SMILES string of the molecule is Brc1cccc(-c2nc3ccn(CCOc4ccccc4)cc-3n2)c1. The summed E-state index contributed by atoms with van der Waals surface area (Å²) in [6.07, 6.45) is 4.02. The van der Waals surface area contributed by atoms with Gasteiger partial charge < -0.3 is 9.30 Å². The average Bonchev–Trinajstić information content (AvgIpc) is 3.06. The number of hydrogen-bond donors (Lipinski definition) is 0. The van der Waals surface area contributed by atoms with Crippen molar-refractivity contribution in [2.45, 2.75) is 6.54 Å². The lowest BCUT2D eigenvalue weighted by atomic mass is 10.2. The van der Waals surface area contributed by atoms with Gasteiger partial charge in [0.2, 0.25) is 0 Å². The third-order valence-electron chi connectivity index (χ3n) is 3.87. The van der Waals surface area contributed by atoms with Gasteiger partial charge in [0.05, 0.1) is 12.2 Å². The smallest absolute Gasteiger partial charge is 0.160 e. The molecule has 2 heterocycles. The quantitative estimate of drug-likeness (QED) is 0.484. The largest absolute Gasteiger partial charge is 0.492 e. The average molecular weight is 394 g/mol. The number of hydrogen-bond acceptors (Lipinski definition) is 3. The minimum absolute atomic E-state index is 0.604. The van der Waals surface area contributed by atoms with Crippen LogP contribution in [0.2, 0.25) is 0 Å². The number of nitrogens with zero attached hydrogens (tertiary/aromatic N) is 3. The zero-order valence-corrected chi connectivity index (χ0v) is 15.1. The molecule has 0 aromatic heterocycles. The van der Waals surface area contributed by atoms with Crippen LogP contribution in [-0.4, -0.2) is 21.1 Å². The third kappa shape index (κ3) is 3.72. The van der Waals surface area contributed by atoms with Crippen LogP contribution in [0.4, 0.5) is 0 Å². The van der Waals surface area contributed by atoms with E-state index >= 15 is 0 Å². The fraction of sp³-hybridized carbons (Fsp3) is 0.100. The molecular formula is C20H16BrN3O. The molecule has 0 atom stereocenters. The van der Waals surface area contributed by atoms with E-state index in [-0.39, 0.29) is 0 Å². The van der Waals surface area contributed by atoms with E-state index in [9.17, 15) is 0 Å². The monoisotopic (exact) mass is 393 g/mol. The van der Waals surface area contributed by atoms with Crippen molar-refractivity contribution in [3.05, 3.63) is 77.5 Å². The van der Waals surface area contributed by atoms with Gasteiger partial charge in [0.1, 0.15) is 18.1 Å². The second-order valence-electron chi connectivity index (χ2n) is 5.67. The van der Waals surface area contributed by atoms with Crippen LogP contribution in [0.15, 0.2) is 77.5 Å². The molecule has 0 bridgehead atoms. The topological polar surface area (TPSA) is 39.9 Å². The van der Waals surface area contributed by atoms with Crippen LogP contribution < -0.4 is 4.74 Å². The van der Waals surface area contributed by atoms with E-state index in [4.69, 9.17) is 4.74 Å². The summed E-state index contributed by atoms with van der Waals surface area (Å²) in [6.45, 7) is 1.36. The molecule has 0 aliphatic carbocycles. The van der Waals surface area contributed by atoms with Crippen LogP contribution in [-0.2, 0) is 6.54 Å². The van der Waals surface area contributed by atoms with Gasteiger partial charge in [-0.15, -0.1) is 0 Å². The predicted molar refractivity (Wildman–Crippen MR) is 102 cm³/mol. The van der Waals surface area contributed by atoms with Gasteiger partial charge in [-0.2, -0.15) is 0 Å². The number of pyridine rings is 1. The van der Waals surface area contributed by atoms with Crippen molar-refractivity contribution >= 4 is 15.9 Å². The van der Waals surface area contributed by atoms with Gasteiger partial charge in [-0.1, -0.05) is 46.3 Å². The number of fused-ring (bicyclic) bond motifs is 1. The van der Waals surface area contributed by atoms with E-state index in [1.807, 2.05) is 73.1 Å². The Morgan fingerprint density at radius 2 is 1.76 bits per heavy atom. The van der Waals surface area contributed by atoms with Crippen LogP contribution in [0, 0.1) is 0 Å². The van der Waals surface area contributed by atoms with E-state index in [0.29, 0.717) is 6.61 Å².